The second kappa shape index (κ2) is 5.12. The highest BCUT2D eigenvalue weighted by atomic mass is 16.5. The molecule has 4 heteroatoms. The lowest BCUT2D eigenvalue weighted by molar-refractivity contribution is 0.410. The van der Waals surface area contributed by atoms with Gasteiger partial charge in [-0.1, -0.05) is 6.92 Å². The van der Waals surface area contributed by atoms with Crippen LogP contribution in [-0.2, 0) is 6.42 Å². The summed E-state index contributed by atoms with van der Waals surface area (Å²) in [6, 6.07) is 6.17. The summed E-state index contributed by atoms with van der Waals surface area (Å²) in [6.07, 6.45) is 0.940. The minimum Gasteiger partial charge on any atom is -0.496 e. The Bertz CT molecular complexity index is 546. The van der Waals surface area contributed by atoms with Crippen LogP contribution in [0.4, 0.5) is 5.69 Å². The Morgan fingerprint density at radius 1 is 1.39 bits per heavy atom. The molecule has 0 aliphatic carbocycles. The minimum absolute atomic E-state index is 0.930. The lowest BCUT2D eigenvalue weighted by atomic mass is 10.0. The highest BCUT2D eigenvalue weighted by Crippen LogP contribution is 2.31. The van der Waals surface area contributed by atoms with Crippen molar-refractivity contribution >= 4 is 5.69 Å². The van der Waals surface area contributed by atoms with Crippen molar-refractivity contribution in [2.75, 3.05) is 19.5 Å². The van der Waals surface area contributed by atoms with Crippen molar-refractivity contribution < 1.29 is 4.74 Å². The van der Waals surface area contributed by atoms with Crippen molar-refractivity contribution in [2.45, 2.75) is 20.3 Å². The molecule has 2 aromatic rings. The Morgan fingerprint density at radius 3 is 2.78 bits per heavy atom. The molecule has 18 heavy (non-hydrogen) atoms. The van der Waals surface area contributed by atoms with E-state index in [-0.39, 0.29) is 0 Å². The zero-order valence-electron chi connectivity index (χ0n) is 11.3. The maximum atomic E-state index is 5.35. The predicted molar refractivity (Wildman–Crippen MR) is 74.2 cm³/mol. The number of aromatic nitrogens is 2. The summed E-state index contributed by atoms with van der Waals surface area (Å²) in [4.78, 5) is 0. The van der Waals surface area contributed by atoms with Crippen LogP contribution in [0.2, 0.25) is 0 Å². The fourth-order valence-corrected chi connectivity index (χ4v) is 2.15. The van der Waals surface area contributed by atoms with E-state index in [9.17, 15) is 0 Å². The molecule has 96 valence electrons. The number of H-pyrrole nitrogens is 1. The summed E-state index contributed by atoms with van der Waals surface area (Å²) in [6.45, 7) is 4.13. The summed E-state index contributed by atoms with van der Waals surface area (Å²) in [5.41, 5.74) is 5.33. The molecule has 1 aromatic heterocycles. The molecule has 0 unspecified atom stereocenters. The van der Waals surface area contributed by atoms with Crippen molar-refractivity contribution in [1.82, 2.24) is 10.2 Å². The second-order valence-corrected chi connectivity index (χ2v) is 4.20. The standard InChI is InChI=1S/C14H19N3O/c1-5-10-8-11(6-7-12(10)18-4)14-13(15-3)9(2)16-17-14/h6-8,15H,5H2,1-4H3,(H,16,17). The lowest BCUT2D eigenvalue weighted by Gasteiger charge is -2.09. The third kappa shape index (κ3) is 2.06. The SMILES string of the molecule is CCc1cc(-c2n[nH]c(C)c2NC)ccc1OC. The van der Waals surface area contributed by atoms with E-state index in [0.29, 0.717) is 0 Å². The zero-order valence-corrected chi connectivity index (χ0v) is 11.3. The Balaban J connectivity index is 2.50. The number of rotatable bonds is 4. The van der Waals surface area contributed by atoms with Crippen LogP contribution in [0.5, 0.6) is 5.75 Å². The summed E-state index contributed by atoms with van der Waals surface area (Å²) >= 11 is 0. The lowest BCUT2D eigenvalue weighted by Crippen LogP contribution is -1.94. The molecule has 1 aromatic carbocycles. The number of hydrogen-bond donors (Lipinski definition) is 2. The molecule has 0 spiro atoms. The first-order valence-corrected chi connectivity index (χ1v) is 6.11. The molecule has 2 rings (SSSR count). The van der Waals surface area contributed by atoms with Crippen LogP contribution < -0.4 is 10.1 Å². The quantitative estimate of drug-likeness (QED) is 0.870. The van der Waals surface area contributed by atoms with Gasteiger partial charge >= 0.3 is 0 Å². The van der Waals surface area contributed by atoms with Gasteiger partial charge in [-0.15, -0.1) is 0 Å². The number of methoxy groups -OCH3 is 1. The van der Waals surface area contributed by atoms with Gasteiger partial charge in [0.05, 0.1) is 18.5 Å². The number of anilines is 1. The summed E-state index contributed by atoms with van der Waals surface area (Å²) in [5.74, 6) is 0.930. The first-order valence-electron chi connectivity index (χ1n) is 6.11. The Labute approximate surface area is 107 Å². The molecule has 4 nitrogen and oxygen atoms in total. The maximum absolute atomic E-state index is 5.35. The normalized spacial score (nSPS) is 10.4. The van der Waals surface area contributed by atoms with Crippen molar-refractivity contribution in [2.24, 2.45) is 0 Å². The Morgan fingerprint density at radius 2 is 2.17 bits per heavy atom. The van der Waals surface area contributed by atoms with E-state index in [2.05, 4.69) is 28.5 Å². The fraction of sp³-hybridized carbons (Fsp3) is 0.357. The average Bonchev–Trinajstić information content (AvgIpc) is 2.78. The van der Waals surface area contributed by atoms with E-state index in [1.807, 2.05) is 26.1 Å². The van der Waals surface area contributed by atoms with Gasteiger partial charge < -0.3 is 10.1 Å². The smallest absolute Gasteiger partial charge is 0.122 e. The van der Waals surface area contributed by atoms with E-state index in [1.165, 1.54) is 5.56 Å². The van der Waals surface area contributed by atoms with Crippen LogP contribution >= 0.6 is 0 Å². The van der Waals surface area contributed by atoms with Crippen molar-refractivity contribution in [1.29, 1.82) is 0 Å². The minimum atomic E-state index is 0.930. The molecule has 0 saturated carbocycles. The molecule has 0 atom stereocenters. The molecule has 1 heterocycles. The third-order valence-electron chi connectivity index (χ3n) is 3.13. The van der Waals surface area contributed by atoms with Crippen LogP contribution in [0.15, 0.2) is 18.2 Å². The van der Waals surface area contributed by atoms with Gasteiger partial charge in [0.1, 0.15) is 11.4 Å². The molecule has 0 bridgehead atoms. The molecule has 0 amide bonds. The maximum Gasteiger partial charge on any atom is 0.122 e. The molecular formula is C14H19N3O. The van der Waals surface area contributed by atoms with Gasteiger partial charge in [-0.05, 0) is 37.1 Å². The van der Waals surface area contributed by atoms with E-state index in [1.54, 1.807) is 7.11 Å². The van der Waals surface area contributed by atoms with Gasteiger partial charge in [0.15, 0.2) is 0 Å². The number of ether oxygens (including phenoxy) is 1. The molecule has 0 radical (unpaired) electrons. The number of aryl methyl sites for hydroxylation is 2. The summed E-state index contributed by atoms with van der Waals surface area (Å²) in [5, 5.41) is 10.6. The van der Waals surface area contributed by atoms with Gasteiger partial charge in [-0.3, -0.25) is 5.10 Å². The van der Waals surface area contributed by atoms with Crippen molar-refractivity contribution in [3.63, 3.8) is 0 Å². The van der Waals surface area contributed by atoms with E-state index in [4.69, 9.17) is 4.74 Å². The largest absolute Gasteiger partial charge is 0.496 e. The van der Waals surface area contributed by atoms with E-state index in [0.717, 1.165) is 34.8 Å². The highest BCUT2D eigenvalue weighted by Gasteiger charge is 2.12. The topological polar surface area (TPSA) is 49.9 Å². The first kappa shape index (κ1) is 12.5. The Kier molecular flexibility index (Phi) is 3.55. The Hall–Kier alpha value is -1.97. The third-order valence-corrected chi connectivity index (χ3v) is 3.13. The number of hydrogen-bond acceptors (Lipinski definition) is 3. The monoisotopic (exact) mass is 245 g/mol. The van der Waals surface area contributed by atoms with Gasteiger partial charge in [-0.2, -0.15) is 5.10 Å². The number of nitrogens with zero attached hydrogens (tertiary/aromatic N) is 1. The van der Waals surface area contributed by atoms with Crippen LogP contribution in [0.25, 0.3) is 11.3 Å². The fourth-order valence-electron chi connectivity index (χ4n) is 2.15. The average molecular weight is 245 g/mol. The van der Waals surface area contributed by atoms with Gasteiger partial charge in [-0.25, -0.2) is 0 Å². The van der Waals surface area contributed by atoms with Crippen LogP contribution in [0, 0.1) is 6.92 Å². The van der Waals surface area contributed by atoms with Crippen molar-refractivity contribution in [3.8, 4) is 17.0 Å². The number of benzene rings is 1. The van der Waals surface area contributed by atoms with Gasteiger partial charge in [0.2, 0.25) is 0 Å². The molecule has 0 saturated heterocycles. The van der Waals surface area contributed by atoms with E-state index < -0.39 is 0 Å². The predicted octanol–water partition coefficient (Wildman–Crippen LogP) is 3.00. The molecular weight excluding hydrogens is 226 g/mol. The number of nitrogens with one attached hydrogen (secondary N) is 2. The van der Waals surface area contributed by atoms with Crippen molar-refractivity contribution in [3.05, 3.63) is 29.5 Å². The first-order chi connectivity index (χ1) is 8.71. The van der Waals surface area contributed by atoms with Gasteiger partial charge in [0.25, 0.3) is 0 Å². The molecule has 0 aliphatic rings. The summed E-state index contributed by atoms with van der Waals surface area (Å²) in [7, 11) is 3.61. The zero-order chi connectivity index (χ0) is 13.1. The van der Waals surface area contributed by atoms with E-state index >= 15 is 0 Å². The molecule has 0 fully saturated rings. The van der Waals surface area contributed by atoms with Crippen LogP contribution in [-0.4, -0.2) is 24.4 Å². The molecule has 0 aliphatic heterocycles. The second-order valence-electron chi connectivity index (χ2n) is 4.20. The van der Waals surface area contributed by atoms with Crippen LogP contribution in [0.1, 0.15) is 18.2 Å². The molecule has 2 N–H and O–H groups in total. The number of aromatic amines is 1. The van der Waals surface area contributed by atoms with Gasteiger partial charge in [0, 0.05) is 12.6 Å². The van der Waals surface area contributed by atoms with Crippen LogP contribution in [0.3, 0.4) is 0 Å². The summed E-state index contributed by atoms with van der Waals surface area (Å²) < 4.78 is 5.35. The highest BCUT2D eigenvalue weighted by molar-refractivity contribution is 5.76.